The van der Waals surface area contributed by atoms with Crippen LogP contribution >= 0.6 is 0 Å². The zero-order chi connectivity index (χ0) is 23.2. The van der Waals surface area contributed by atoms with Crippen LogP contribution in [0, 0.1) is 12.7 Å². The zero-order valence-corrected chi connectivity index (χ0v) is 18.4. The highest BCUT2D eigenvalue weighted by atomic mass is 32.2. The molecule has 0 spiro atoms. The maximum Gasteiger partial charge on any atom is 0.328 e. The first-order valence-electron chi connectivity index (χ1n) is 9.68. The summed E-state index contributed by atoms with van der Waals surface area (Å²) >= 11 is 0. The SMILES string of the molecule is Cc1cccc(C(=O)Nc2cc3c(cc2S(=O)(=O)c2ccc(F)cc2)n(C)c(=O)n3C)c1. The van der Waals surface area contributed by atoms with E-state index >= 15 is 0 Å². The predicted molar refractivity (Wildman–Crippen MR) is 119 cm³/mol. The summed E-state index contributed by atoms with van der Waals surface area (Å²) < 4.78 is 42.9. The lowest BCUT2D eigenvalue weighted by Crippen LogP contribution is -2.19. The van der Waals surface area contributed by atoms with Gasteiger partial charge in [0.25, 0.3) is 5.91 Å². The fraction of sp³-hybridized carbons (Fsp3) is 0.130. The fourth-order valence-corrected chi connectivity index (χ4v) is 4.98. The molecule has 4 rings (SSSR count). The maximum atomic E-state index is 13.4. The quantitative estimate of drug-likeness (QED) is 0.480. The first-order valence-corrected chi connectivity index (χ1v) is 11.2. The maximum absolute atomic E-state index is 13.4. The van der Waals surface area contributed by atoms with Crippen LogP contribution in [-0.4, -0.2) is 23.5 Å². The van der Waals surface area contributed by atoms with Crippen LogP contribution in [0.15, 0.2) is 75.2 Å². The van der Waals surface area contributed by atoms with Crippen molar-refractivity contribution in [2.45, 2.75) is 16.7 Å². The average Bonchev–Trinajstić information content (AvgIpc) is 2.97. The summed E-state index contributed by atoms with van der Waals surface area (Å²) in [6, 6.07) is 14.1. The number of amides is 1. The van der Waals surface area contributed by atoms with E-state index in [1.165, 1.54) is 28.3 Å². The number of nitrogens with zero attached hydrogens (tertiary/aromatic N) is 2. The highest BCUT2D eigenvalue weighted by molar-refractivity contribution is 7.91. The van der Waals surface area contributed by atoms with Crippen molar-refractivity contribution in [1.82, 2.24) is 9.13 Å². The summed E-state index contributed by atoms with van der Waals surface area (Å²) in [4.78, 5) is 25.0. The van der Waals surface area contributed by atoms with Crippen molar-refractivity contribution >= 4 is 32.5 Å². The molecule has 0 unspecified atom stereocenters. The molecule has 4 aromatic rings. The minimum atomic E-state index is -4.14. The van der Waals surface area contributed by atoms with E-state index in [1.54, 1.807) is 25.2 Å². The summed E-state index contributed by atoms with van der Waals surface area (Å²) in [5, 5.41) is 2.67. The molecule has 1 N–H and O–H groups in total. The summed E-state index contributed by atoms with van der Waals surface area (Å²) in [7, 11) is -1.05. The van der Waals surface area contributed by atoms with Gasteiger partial charge in [0.2, 0.25) is 9.84 Å². The van der Waals surface area contributed by atoms with Crippen LogP contribution in [0.1, 0.15) is 15.9 Å². The first kappa shape index (κ1) is 21.5. The lowest BCUT2D eigenvalue weighted by atomic mass is 10.1. The van der Waals surface area contributed by atoms with Gasteiger partial charge in [0.1, 0.15) is 5.82 Å². The molecule has 0 saturated carbocycles. The first-order chi connectivity index (χ1) is 15.1. The normalized spacial score (nSPS) is 11.6. The number of aromatic nitrogens is 2. The lowest BCUT2D eigenvalue weighted by Gasteiger charge is -2.14. The van der Waals surface area contributed by atoms with E-state index in [9.17, 15) is 22.4 Å². The second kappa shape index (κ2) is 7.76. The molecule has 1 amide bonds. The molecule has 0 aliphatic carbocycles. The smallest absolute Gasteiger partial charge is 0.321 e. The molecule has 0 radical (unpaired) electrons. The second-order valence-corrected chi connectivity index (χ2v) is 9.44. The van der Waals surface area contributed by atoms with Gasteiger partial charge in [0, 0.05) is 19.7 Å². The molecule has 7 nitrogen and oxygen atoms in total. The van der Waals surface area contributed by atoms with Gasteiger partial charge >= 0.3 is 5.69 Å². The van der Waals surface area contributed by atoms with Gasteiger partial charge < -0.3 is 5.32 Å². The molecule has 32 heavy (non-hydrogen) atoms. The van der Waals surface area contributed by atoms with Crippen molar-refractivity contribution in [3.05, 3.63) is 88.1 Å². The number of anilines is 1. The van der Waals surface area contributed by atoms with Crippen molar-refractivity contribution in [2.24, 2.45) is 14.1 Å². The summed E-state index contributed by atoms with van der Waals surface area (Å²) in [5.41, 5.74) is 1.75. The molecule has 3 aromatic carbocycles. The number of benzene rings is 3. The van der Waals surface area contributed by atoms with Crippen molar-refractivity contribution in [1.29, 1.82) is 0 Å². The van der Waals surface area contributed by atoms with Gasteiger partial charge in [0.15, 0.2) is 0 Å². The molecule has 0 aliphatic heterocycles. The number of carbonyl (C=O) groups excluding carboxylic acids is 1. The van der Waals surface area contributed by atoms with E-state index in [0.29, 0.717) is 16.6 Å². The Bertz CT molecular complexity index is 1530. The Balaban J connectivity index is 1.94. The molecule has 164 valence electrons. The molecular formula is C23H20FN3O4S. The van der Waals surface area contributed by atoms with Crippen LogP contribution in [-0.2, 0) is 23.9 Å². The zero-order valence-electron chi connectivity index (χ0n) is 17.6. The van der Waals surface area contributed by atoms with E-state index in [4.69, 9.17) is 0 Å². The summed E-state index contributed by atoms with van der Waals surface area (Å²) in [5.74, 6) is -1.07. The highest BCUT2D eigenvalue weighted by Gasteiger charge is 2.25. The molecule has 0 saturated heterocycles. The number of aryl methyl sites for hydroxylation is 3. The Labute approximate surface area is 183 Å². The van der Waals surface area contributed by atoms with Gasteiger partial charge in [-0.25, -0.2) is 17.6 Å². The third-order valence-corrected chi connectivity index (χ3v) is 7.12. The minimum absolute atomic E-state index is 0.0227. The van der Waals surface area contributed by atoms with Crippen LogP contribution in [0.4, 0.5) is 10.1 Å². The van der Waals surface area contributed by atoms with E-state index < -0.39 is 21.6 Å². The summed E-state index contributed by atoms with van der Waals surface area (Å²) in [6.45, 7) is 1.84. The largest absolute Gasteiger partial charge is 0.328 e. The van der Waals surface area contributed by atoms with Crippen LogP contribution in [0.5, 0.6) is 0 Å². The molecule has 1 heterocycles. The number of fused-ring (bicyclic) bond motifs is 1. The number of sulfone groups is 1. The molecule has 1 aromatic heterocycles. The van der Waals surface area contributed by atoms with Crippen LogP contribution in [0.3, 0.4) is 0 Å². The van der Waals surface area contributed by atoms with E-state index in [2.05, 4.69) is 5.32 Å². The third-order valence-electron chi connectivity index (χ3n) is 5.32. The number of nitrogens with one attached hydrogen (secondary N) is 1. The van der Waals surface area contributed by atoms with Gasteiger partial charge in [-0.1, -0.05) is 17.7 Å². The number of halogens is 1. The van der Waals surface area contributed by atoms with Crippen molar-refractivity contribution in [3.8, 4) is 0 Å². The minimum Gasteiger partial charge on any atom is -0.321 e. The Morgan fingerprint density at radius 2 is 1.56 bits per heavy atom. The van der Waals surface area contributed by atoms with Gasteiger partial charge in [-0.2, -0.15) is 0 Å². The van der Waals surface area contributed by atoms with Crippen LogP contribution in [0.2, 0.25) is 0 Å². The van der Waals surface area contributed by atoms with E-state index in [1.807, 2.05) is 13.0 Å². The Hall–Kier alpha value is -3.72. The second-order valence-electron chi connectivity index (χ2n) is 7.52. The Morgan fingerprint density at radius 3 is 2.19 bits per heavy atom. The monoisotopic (exact) mass is 453 g/mol. The van der Waals surface area contributed by atoms with E-state index in [-0.39, 0.29) is 21.2 Å². The van der Waals surface area contributed by atoms with Gasteiger partial charge in [-0.3, -0.25) is 13.9 Å². The number of carbonyl (C=O) groups is 1. The number of rotatable bonds is 4. The van der Waals surface area contributed by atoms with Crippen molar-refractivity contribution in [2.75, 3.05) is 5.32 Å². The lowest BCUT2D eigenvalue weighted by molar-refractivity contribution is 0.102. The number of hydrogen-bond acceptors (Lipinski definition) is 4. The molecule has 0 bridgehead atoms. The molecular weight excluding hydrogens is 433 g/mol. The Kier molecular flexibility index (Phi) is 5.21. The molecule has 0 aliphatic rings. The average molecular weight is 453 g/mol. The summed E-state index contributed by atoms with van der Waals surface area (Å²) in [6.07, 6.45) is 0. The van der Waals surface area contributed by atoms with Crippen molar-refractivity contribution in [3.63, 3.8) is 0 Å². The van der Waals surface area contributed by atoms with Gasteiger partial charge in [0.05, 0.1) is 26.5 Å². The van der Waals surface area contributed by atoms with Crippen LogP contribution in [0.25, 0.3) is 11.0 Å². The topological polar surface area (TPSA) is 90.2 Å². The fourth-order valence-electron chi connectivity index (χ4n) is 3.57. The predicted octanol–water partition coefficient (Wildman–Crippen LogP) is 3.41. The molecule has 0 fully saturated rings. The Morgan fingerprint density at radius 1 is 0.938 bits per heavy atom. The number of hydrogen-bond donors (Lipinski definition) is 1. The molecule has 9 heteroatoms. The third kappa shape index (κ3) is 3.60. The number of imidazole rings is 1. The van der Waals surface area contributed by atoms with Gasteiger partial charge in [-0.15, -0.1) is 0 Å². The highest BCUT2D eigenvalue weighted by Crippen LogP contribution is 2.32. The standard InChI is InChI=1S/C23H20FN3O4S/c1-14-5-4-6-15(11-14)22(28)25-18-12-19-20(27(3)23(29)26(19)2)13-21(18)32(30,31)17-9-7-16(24)8-10-17/h4-13H,1-3H3,(H,25,28). The van der Waals surface area contributed by atoms with Gasteiger partial charge in [-0.05, 0) is 55.5 Å². The van der Waals surface area contributed by atoms with Crippen molar-refractivity contribution < 1.29 is 17.6 Å². The molecule has 0 atom stereocenters. The van der Waals surface area contributed by atoms with Crippen LogP contribution < -0.4 is 11.0 Å². The van der Waals surface area contributed by atoms with E-state index in [0.717, 1.165) is 29.8 Å².